The van der Waals surface area contributed by atoms with E-state index in [1.165, 1.54) is 30.3 Å². The van der Waals surface area contributed by atoms with Gasteiger partial charge in [0.05, 0.1) is 16.5 Å². The molecule has 2 aromatic carbocycles. The molecular formula is C14H13FN2O4. The van der Waals surface area contributed by atoms with Gasteiger partial charge >= 0.3 is 0 Å². The Morgan fingerprint density at radius 2 is 1.76 bits per heavy atom. The number of nitro groups is 1. The standard InChI is InChI=1S/C14H13FN2O4/c1-8(13-11(18)6-3-7-12(13)19)16-14-9(15)4-2-5-10(14)17(20)21/h2-8,16,18-19H,1H3. The highest BCUT2D eigenvalue weighted by Gasteiger charge is 2.22. The molecule has 0 heterocycles. The molecule has 2 rings (SSSR count). The molecule has 0 aliphatic rings. The van der Waals surface area contributed by atoms with Crippen molar-refractivity contribution in [2.75, 3.05) is 5.32 Å². The Labute approximate surface area is 119 Å². The van der Waals surface area contributed by atoms with E-state index in [2.05, 4.69) is 5.32 Å². The smallest absolute Gasteiger partial charge is 0.295 e. The minimum absolute atomic E-state index is 0.134. The molecule has 0 aromatic heterocycles. The Balaban J connectivity index is 2.41. The van der Waals surface area contributed by atoms with E-state index in [-0.39, 0.29) is 22.7 Å². The van der Waals surface area contributed by atoms with Crippen molar-refractivity contribution in [3.63, 3.8) is 0 Å². The lowest BCUT2D eigenvalue weighted by Crippen LogP contribution is -2.10. The average molecular weight is 292 g/mol. The molecule has 1 unspecified atom stereocenters. The number of rotatable bonds is 4. The van der Waals surface area contributed by atoms with Crippen molar-refractivity contribution in [3.8, 4) is 11.5 Å². The number of para-hydroxylation sites is 1. The van der Waals surface area contributed by atoms with Crippen LogP contribution in [0.15, 0.2) is 36.4 Å². The maximum Gasteiger partial charge on any atom is 0.295 e. The van der Waals surface area contributed by atoms with Gasteiger partial charge in [0.25, 0.3) is 5.69 Å². The van der Waals surface area contributed by atoms with Crippen LogP contribution in [0.1, 0.15) is 18.5 Å². The number of hydrogen-bond acceptors (Lipinski definition) is 5. The Morgan fingerprint density at radius 1 is 1.19 bits per heavy atom. The molecule has 7 heteroatoms. The fourth-order valence-electron chi connectivity index (χ4n) is 2.08. The predicted octanol–water partition coefficient (Wildman–Crippen LogP) is 3.32. The van der Waals surface area contributed by atoms with Crippen LogP contribution in [0.5, 0.6) is 11.5 Å². The van der Waals surface area contributed by atoms with E-state index < -0.39 is 22.5 Å². The third-order valence-corrected chi connectivity index (χ3v) is 3.04. The molecule has 0 aliphatic carbocycles. The van der Waals surface area contributed by atoms with Crippen LogP contribution in [0.4, 0.5) is 15.8 Å². The SMILES string of the molecule is CC(Nc1c(F)cccc1[N+](=O)[O-])c1c(O)cccc1O. The first kappa shape index (κ1) is 14.6. The quantitative estimate of drug-likeness (QED) is 0.593. The van der Waals surface area contributed by atoms with Crippen LogP contribution in [-0.2, 0) is 0 Å². The topological polar surface area (TPSA) is 95.6 Å². The van der Waals surface area contributed by atoms with Gasteiger partial charge in [-0.25, -0.2) is 4.39 Å². The van der Waals surface area contributed by atoms with Crippen LogP contribution < -0.4 is 5.32 Å². The molecule has 0 saturated carbocycles. The number of phenolic OH excluding ortho intramolecular Hbond substituents is 2. The third-order valence-electron chi connectivity index (χ3n) is 3.04. The number of anilines is 1. The normalized spacial score (nSPS) is 11.9. The lowest BCUT2D eigenvalue weighted by Gasteiger charge is -2.18. The van der Waals surface area contributed by atoms with Gasteiger partial charge in [0.1, 0.15) is 17.2 Å². The summed E-state index contributed by atoms with van der Waals surface area (Å²) < 4.78 is 13.8. The molecule has 21 heavy (non-hydrogen) atoms. The van der Waals surface area contributed by atoms with E-state index >= 15 is 0 Å². The maximum absolute atomic E-state index is 13.8. The molecule has 0 fully saturated rings. The summed E-state index contributed by atoms with van der Waals surface area (Å²) in [4.78, 5) is 10.2. The number of nitrogens with one attached hydrogen (secondary N) is 1. The number of nitrogens with zero attached hydrogens (tertiary/aromatic N) is 1. The van der Waals surface area contributed by atoms with Crippen molar-refractivity contribution in [2.24, 2.45) is 0 Å². The highest BCUT2D eigenvalue weighted by molar-refractivity contribution is 5.64. The molecule has 110 valence electrons. The minimum Gasteiger partial charge on any atom is -0.507 e. The molecule has 0 saturated heterocycles. The minimum atomic E-state index is -0.786. The zero-order chi connectivity index (χ0) is 15.6. The molecule has 0 spiro atoms. The number of benzene rings is 2. The number of nitro benzene ring substituents is 1. The van der Waals surface area contributed by atoms with E-state index in [0.717, 1.165) is 6.07 Å². The molecule has 0 radical (unpaired) electrons. The Morgan fingerprint density at radius 3 is 2.33 bits per heavy atom. The summed E-state index contributed by atoms with van der Waals surface area (Å²) in [6, 6.07) is 6.94. The van der Waals surface area contributed by atoms with Crippen molar-refractivity contribution < 1.29 is 19.5 Å². The summed E-state index contributed by atoms with van der Waals surface area (Å²) in [6.45, 7) is 1.55. The van der Waals surface area contributed by atoms with Gasteiger partial charge in [-0.3, -0.25) is 10.1 Å². The zero-order valence-electron chi connectivity index (χ0n) is 11.1. The van der Waals surface area contributed by atoms with E-state index in [9.17, 15) is 24.7 Å². The van der Waals surface area contributed by atoms with Crippen LogP contribution in [0.3, 0.4) is 0 Å². The molecule has 0 amide bonds. The van der Waals surface area contributed by atoms with Crippen LogP contribution >= 0.6 is 0 Å². The summed E-state index contributed by atoms with van der Waals surface area (Å²) in [6.07, 6.45) is 0. The van der Waals surface area contributed by atoms with Gasteiger partial charge in [-0.1, -0.05) is 12.1 Å². The van der Waals surface area contributed by atoms with Crippen molar-refractivity contribution in [1.82, 2.24) is 0 Å². The van der Waals surface area contributed by atoms with E-state index in [1.807, 2.05) is 0 Å². The molecule has 1 atom stereocenters. The summed E-state index contributed by atoms with van der Waals surface area (Å²) in [5.41, 5.74) is -0.579. The summed E-state index contributed by atoms with van der Waals surface area (Å²) in [7, 11) is 0. The number of halogens is 1. The molecule has 3 N–H and O–H groups in total. The second kappa shape index (κ2) is 5.66. The molecule has 6 nitrogen and oxygen atoms in total. The van der Waals surface area contributed by atoms with Crippen molar-refractivity contribution in [3.05, 3.63) is 57.9 Å². The monoisotopic (exact) mass is 292 g/mol. The van der Waals surface area contributed by atoms with Crippen molar-refractivity contribution in [1.29, 1.82) is 0 Å². The number of aromatic hydroxyl groups is 2. The molecule has 0 aliphatic heterocycles. The van der Waals surface area contributed by atoms with E-state index in [0.29, 0.717) is 0 Å². The van der Waals surface area contributed by atoms with Crippen LogP contribution in [0, 0.1) is 15.9 Å². The van der Waals surface area contributed by atoms with Gasteiger partial charge in [-0.15, -0.1) is 0 Å². The lowest BCUT2D eigenvalue weighted by atomic mass is 10.1. The van der Waals surface area contributed by atoms with E-state index in [1.54, 1.807) is 6.92 Å². The van der Waals surface area contributed by atoms with Crippen LogP contribution in [0.2, 0.25) is 0 Å². The number of hydrogen-bond donors (Lipinski definition) is 3. The Hall–Kier alpha value is -2.83. The highest BCUT2D eigenvalue weighted by Crippen LogP contribution is 2.36. The van der Waals surface area contributed by atoms with Gasteiger partial charge in [0.15, 0.2) is 5.82 Å². The first-order valence-electron chi connectivity index (χ1n) is 6.12. The second-order valence-electron chi connectivity index (χ2n) is 4.47. The van der Waals surface area contributed by atoms with Gasteiger partial charge < -0.3 is 15.5 Å². The van der Waals surface area contributed by atoms with Gasteiger partial charge in [0.2, 0.25) is 0 Å². The van der Waals surface area contributed by atoms with Gasteiger partial charge in [-0.05, 0) is 25.1 Å². The maximum atomic E-state index is 13.8. The summed E-state index contributed by atoms with van der Waals surface area (Å²) >= 11 is 0. The number of phenols is 2. The van der Waals surface area contributed by atoms with Gasteiger partial charge in [-0.2, -0.15) is 0 Å². The molecule has 0 bridgehead atoms. The summed E-state index contributed by atoms with van der Waals surface area (Å²) in [5, 5.41) is 33.1. The highest BCUT2D eigenvalue weighted by atomic mass is 19.1. The third kappa shape index (κ3) is 2.86. The Bertz CT molecular complexity index is 670. The summed E-state index contributed by atoms with van der Waals surface area (Å²) in [5.74, 6) is -1.16. The van der Waals surface area contributed by atoms with Gasteiger partial charge in [0, 0.05) is 6.07 Å². The lowest BCUT2D eigenvalue weighted by molar-refractivity contribution is -0.384. The molecule has 2 aromatic rings. The van der Waals surface area contributed by atoms with Crippen molar-refractivity contribution in [2.45, 2.75) is 13.0 Å². The fraction of sp³-hybridized carbons (Fsp3) is 0.143. The van der Waals surface area contributed by atoms with Crippen LogP contribution in [-0.4, -0.2) is 15.1 Å². The first-order chi connectivity index (χ1) is 9.91. The Kier molecular flexibility index (Phi) is 3.93. The molecular weight excluding hydrogens is 279 g/mol. The average Bonchev–Trinajstić information content (AvgIpc) is 2.40. The fourth-order valence-corrected chi connectivity index (χ4v) is 2.08. The zero-order valence-corrected chi connectivity index (χ0v) is 11.1. The van der Waals surface area contributed by atoms with E-state index in [4.69, 9.17) is 0 Å². The van der Waals surface area contributed by atoms with Crippen molar-refractivity contribution >= 4 is 11.4 Å². The first-order valence-corrected chi connectivity index (χ1v) is 6.12. The second-order valence-corrected chi connectivity index (χ2v) is 4.47. The largest absolute Gasteiger partial charge is 0.507 e. The predicted molar refractivity (Wildman–Crippen MR) is 74.9 cm³/mol. The van der Waals surface area contributed by atoms with Crippen LogP contribution in [0.25, 0.3) is 0 Å².